The quantitative estimate of drug-likeness (QED) is 0.333. The van der Waals surface area contributed by atoms with E-state index in [2.05, 4.69) is 37.4 Å². The van der Waals surface area contributed by atoms with Crippen molar-refractivity contribution in [3.63, 3.8) is 0 Å². The number of nitrogens with zero attached hydrogens (tertiary/aromatic N) is 3. The largest absolute Gasteiger partial charge is 0.455 e. The molecule has 0 radical (unpaired) electrons. The van der Waals surface area contributed by atoms with Crippen molar-refractivity contribution in [2.75, 3.05) is 45.6 Å². The molecule has 1 saturated heterocycles. The molecule has 8 nitrogen and oxygen atoms in total. The highest BCUT2D eigenvalue weighted by atomic mass is 35.5. The van der Waals surface area contributed by atoms with E-state index in [1.165, 1.54) is 0 Å². The number of halogens is 1. The molecule has 0 saturated carbocycles. The van der Waals surface area contributed by atoms with Crippen LogP contribution in [0.25, 0.3) is 11.0 Å². The number of carbonyl (C=O) groups is 1. The van der Waals surface area contributed by atoms with Gasteiger partial charge in [-0.05, 0) is 55.1 Å². The van der Waals surface area contributed by atoms with Crippen LogP contribution in [0, 0.1) is 0 Å². The molecule has 1 fully saturated rings. The maximum Gasteiger partial charge on any atom is 0.253 e. The van der Waals surface area contributed by atoms with Crippen molar-refractivity contribution < 1.29 is 9.53 Å². The molecule has 4 aromatic rings. The van der Waals surface area contributed by atoms with Crippen LogP contribution in [0.3, 0.4) is 0 Å². The fourth-order valence-electron chi connectivity index (χ4n) is 4.34. The summed E-state index contributed by atoms with van der Waals surface area (Å²) in [5.74, 6) is 0.942. The first-order valence-corrected chi connectivity index (χ1v) is 12.3. The van der Waals surface area contributed by atoms with Crippen molar-refractivity contribution in [1.82, 2.24) is 25.1 Å². The van der Waals surface area contributed by atoms with Gasteiger partial charge in [0.2, 0.25) is 0 Å². The van der Waals surface area contributed by atoms with Crippen LogP contribution >= 0.6 is 11.6 Å². The lowest BCUT2D eigenvalue weighted by Crippen LogP contribution is -2.43. The van der Waals surface area contributed by atoms with Crippen LogP contribution in [-0.4, -0.2) is 65.9 Å². The van der Waals surface area contributed by atoms with Crippen LogP contribution in [0.1, 0.15) is 15.9 Å². The third kappa shape index (κ3) is 5.31. The third-order valence-electron chi connectivity index (χ3n) is 6.42. The monoisotopic (exact) mass is 504 g/mol. The topological polar surface area (TPSA) is 85.5 Å². The molecule has 1 aliphatic heterocycles. The summed E-state index contributed by atoms with van der Waals surface area (Å²) in [6.07, 6.45) is 1.65. The van der Waals surface area contributed by atoms with Gasteiger partial charge < -0.3 is 25.3 Å². The van der Waals surface area contributed by atoms with E-state index in [-0.39, 0.29) is 5.91 Å². The predicted molar refractivity (Wildman–Crippen MR) is 144 cm³/mol. The fourth-order valence-corrected chi connectivity index (χ4v) is 4.51. The van der Waals surface area contributed by atoms with Crippen LogP contribution in [0.2, 0.25) is 5.02 Å². The molecule has 1 aromatic heterocycles. The molecule has 5 rings (SSSR count). The van der Waals surface area contributed by atoms with Crippen molar-refractivity contribution in [1.29, 1.82) is 0 Å². The molecule has 186 valence electrons. The summed E-state index contributed by atoms with van der Waals surface area (Å²) in [7, 11) is 3.76. The lowest BCUT2D eigenvalue weighted by atomic mass is 10.1. The Morgan fingerprint density at radius 1 is 1.11 bits per heavy atom. The number of anilines is 2. The van der Waals surface area contributed by atoms with Gasteiger partial charge in [0, 0.05) is 56.5 Å². The van der Waals surface area contributed by atoms with E-state index >= 15 is 0 Å². The molecule has 2 heterocycles. The van der Waals surface area contributed by atoms with Crippen LogP contribution < -0.4 is 15.4 Å². The summed E-state index contributed by atoms with van der Waals surface area (Å²) in [5.41, 5.74) is 4.64. The van der Waals surface area contributed by atoms with Crippen molar-refractivity contribution in [3.8, 4) is 11.5 Å². The molecule has 9 heteroatoms. The Morgan fingerprint density at radius 2 is 1.94 bits per heavy atom. The SMILES string of the molecule is CNC(=O)c1cccc(Oc2ccc3[nH]cnc3c2)c1Nc1ccc(Cl)c(CN2CCN(C)CC2)c1. The first-order chi connectivity index (χ1) is 17.5. The Hall–Kier alpha value is -3.59. The van der Waals surface area contributed by atoms with Gasteiger partial charge >= 0.3 is 0 Å². The van der Waals surface area contributed by atoms with E-state index in [1.54, 1.807) is 25.5 Å². The van der Waals surface area contributed by atoms with Gasteiger partial charge in [-0.1, -0.05) is 17.7 Å². The second-order valence-electron chi connectivity index (χ2n) is 8.95. The lowest BCUT2D eigenvalue weighted by Gasteiger charge is -2.32. The Morgan fingerprint density at radius 3 is 2.75 bits per heavy atom. The predicted octanol–water partition coefficient (Wildman–Crippen LogP) is 4.86. The van der Waals surface area contributed by atoms with Crippen LogP contribution in [-0.2, 0) is 6.54 Å². The van der Waals surface area contributed by atoms with Gasteiger partial charge in [-0.25, -0.2) is 4.98 Å². The van der Waals surface area contributed by atoms with Crippen molar-refractivity contribution >= 4 is 39.9 Å². The number of amides is 1. The summed E-state index contributed by atoms with van der Waals surface area (Å²) in [5, 5.41) is 6.87. The Kier molecular flexibility index (Phi) is 7.09. The molecular formula is C27H29ClN6O2. The van der Waals surface area contributed by atoms with Gasteiger partial charge in [0.05, 0.1) is 28.6 Å². The van der Waals surface area contributed by atoms with E-state index in [0.717, 1.165) is 60.0 Å². The summed E-state index contributed by atoms with van der Waals surface area (Å²) >= 11 is 6.57. The molecule has 36 heavy (non-hydrogen) atoms. The molecule has 0 bridgehead atoms. The number of rotatable bonds is 7. The minimum atomic E-state index is -0.211. The molecule has 0 aliphatic carbocycles. The number of imidazole rings is 1. The Balaban J connectivity index is 1.45. The molecule has 0 unspecified atom stereocenters. The number of nitrogens with one attached hydrogen (secondary N) is 3. The average Bonchev–Trinajstić information content (AvgIpc) is 3.36. The number of aromatic nitrogens is 2. The van der Waals surface area contributed by atoms with Crippen LogP contribution in [0.4, 0.5) is 11.4 Å². The van der Waals surface area contributed by atoms with Gasteiger partial charge in [0.25, 0.3) is 5.91 Å². The zero-order valence-electron chi connectivity index (χ0n) is 20.3. The zero-order valence-corrected chi connectivity index (χ0v) is 21.1. The second-order valence-corrected chi connectivity index (χ2v) is 9.36. The number of aromatic amines is 1. The number of H-pyrrole nitrogens is 1. The van der Waals surface area contributed by atoms with Gasteiger partial charge in [0.15, 0.2) is 5.75 Å². The number of likely N-dealkylation sites (N-methyl/N-ethyl adjacent to an activating group) is 1. The Labute approximate surface area is 215 Å². The van der Waals surface area contributed by atoms with E-state index in [9.17, 15) is 4.79 Å². The number of fused-ring (bicyclic) bond motifs is 1. The van der Waals surface area contributed by atoms with Crippen LogP contribution in [0.5, 0.6) is 11.5 Å². The Bertz CT molecular complexity index is 1380. The smallest absolute Gasteiger partial charge is 0.253 e. The maximum absolute atomic E-state index is 12.7. The molecule has 3 N–H and O–H groups in total. The number of hydrogen-bond donors (Lipinski definition) is 3. The molecule has 1 amide bonds. The normalized spacial score (nSPS) is 14.6. The highest BCUT2D eigenvalue weighted by Crippen LogP contribution is 2.36. The number of ether oxygens (including phenoxy) is 1. The summed E-state index contributed by atoms with van der Waals surface area (Å²) < 4.78 is 6.24. The molecular weight excluding hydrogens is 476 g/mol. The summed E-state index contributed by atoms with van der Waals surface area (Å²) in [6.45, 7) is 4.86. The number of hydrogen-bond acceptors (Lipinski definition) is 6. The zero-order chi connectivity index (χ0) is 25.1. The highest BCUT2D eigenvalue weighted by Gasteiger charge is 2.18. The first-order valence-electron chi connectivity index (χ1n) is 11.9. The highest BCUT2D eigenvalue weighted by molar-refractivity contribution is 6.31. The van der Waals surface area contributed by atoms with E-state index < -0.39 is 0 Å². The third-order valence-corrected chi connectivity index (χ3v) is 6.79. The summed E-state index contributed by atoms with van der Waals surface area (Å²) in [4.78, 5) is 24.8. The van der Waals surface area contributed by atoms with E-state index in [1.807, 2.05) is 42.5 Å². The molecule has 1 aliphatic rings. The molecule has 0 spiro atoms. The van der Waals surface area contributed by atoms with Gasteiger partial charge in [-0.3, -0.25) is 9.69 Å². The van der Waals surface area contributed by atoms with Gasteiger partial charge in [-0.15, -0.1) is 0 Å². The van der Waals surface area contributed by atoms with Crippen LogP contribution in [0.15, 0.2) is 60.9 Å². The molecule has 0 atom stereocenters. The minimum Gasteiger partial charge on any atom is -0.455 e. The number of benzene rings is 3. The standard InChI is InChI=1S/C27H29ClN6O2/c1-29-27(35)21-4-3-5-25(36-20-7-9-23-24(15-20)31-17-30-23)26(21)32-19-6-8-22(28)18(14-19)16-34-12-10-33(2)11-13-34/h3-9,14-15,17,32H,10-13,16H2,1-2H3,(H,29,35)(H,30,31). The van der Waals surface area contributed by atoms with Crippen molar-refractivity contribution in [2.24, 2.45) is 0 Å². The number of para-hydroxylation sites is 1. The number of carbonyl (C=O) groups excluding carboxylic acids is 1. The first kappa shape index (κ1) is 24.1. The van der Waals surface area contributed by atoms with Gasteiger partial charge in [0.1, 0.15) is 5.75 Å². The fraction of sp³-hybridized carbons (Fsp3) is 0.259. The van der Waals surface area contributed by atoms with Gasteiger partial charge in [-0.2, -0.15) is 0 Å². The average molecular weight is 505 g/mol. The van der Waals surface area contributed by atoms with E-state index in [4.69, 9.17) is 16.3 Å². The molecule has 3 aromatic carbocycles. The maximum atomic E-state index is 12.7. The minimum absolute atomic E-state index is 0.211. The van der Waals surface area contributed by atoms with Crippen molar-refractivity contribution in [3.05, 3.63) is 77.1 Å². The second kappa shape index (κ2) is 10.6. The van der Waals surface area contributed by atoms with E-state index in [0.29, 0.717) is 22.7 Å². The van der Waals surface area contributed by atoms with Crippen molar-refractivity contribution in [2.45, 2.75) is 6.54 Å². The lowest BCUT2D eigenvalue weighted by molar-refractivity contribution is 0.0963. The number of piperazine rings is 1. The summed E-state index contributed by atoms with van der Waals surface area (Å²) in [6, 6.07) is 16.9.